The van der Waals surface area contributed by atoms with Crippen molar-refractivity contribution in [1.82, 2.24) is 10.6 Å². The van der Waals surface area contributed by atoms with Crippen LogP contribution in [0.2, 0.25) is 0 Å². The molecule has 0 aliphatic carbocycles. The first-order chi connectivity index (χ1) is 10.8. The first-order valence-electron chi connectivity index (χ1n) is 8.12. The van der Waals surface area contributed by atoms with Gasteiger partial charge in [0.15, 0.2) is 0 Å². The lowest BCUT2D eigenvalue weighted by molar-refractivity contribution is 0.0944. The van der Waals surface area contributed by atoms with E-state index in [1.807, 2.05) is 32.0 Å². The molecule has 0 unspecified atom stereocenters. The molecule has 0 saturated heterocycles. The molecule has 1 rings (SSSR count). The maximum atomic E-state index is 12.3. The Morgan fingerprint density at radius 1 is 1.22 bits per heavy atom. The summed E-state index contributed by atoms with van der Waals surface area (Å²) in [5.41, 5.74) is 2.73. The highest BCUT2D eigenvalue weighted by atomic mass is 16.5. The van der Waals surface area contributed by atoms with Crippen LogP contribution in [0.4, 0.5) is 4.79 Å². The van der Waals surface area contributed by atoms with E-state index in [2.05, 4.69) is 24.5 Å². The Labute approximate surface area is 138 Å². The minimum Gasteiger partial charge on any atom is -0.450 e. The van der Waals surface area contributed by atoms with E-state index in [0.717, 1.165) is 17.5 Å². The van der Waals surface area contributed by atoms with Gasteiger partial charge in [-0.25, -0.2) is 4.79 Å². The topological polar surface area (TPSA) is 67.4 Å². The van der Waals surface area contributed by atoms with Crippen LogP contribution in [0, 0.1) is 19.8 Å². The molecule has 2 N–H and O–H groups in total. The van der Waals surface area contributed by atoms with Gasteiger partial charge >= 0.3 is 6.09 Å². The normalized spacial score (nSPS) is 11.9. The van der Waals surface area contributed by atoms with Gasteiger partial charge in [0.25, 0.3) is 5.91 Å². The minimum atomic E-state index is -0.445. The van der Waals surface area contributed by atoms with Crippen molar-refractivity contribution in [3.8, 4) is 0 Å². The highest BCUT2D eigenvalue weighted by Crippen LogP contribution is 2.11. The number of ether oxygens (including phenoxy) is 1. The van der Waals surface area contributed by atoms with Gasteiger partial charge < -0.3 is 15.4 Å². The highest BCUT2D eigenvalue weighted by molar-refractivity contribution is 5.95. The van der Waals surface area contributed by atoms with Gasteiger partial charge in [0, 0.05) is 18.2 Å². The van der Waals surface area contributed by atoms with Crippen molar-refractivity contribution >= 4 is 12.0 Å². The van der Waals surface area contributed by atoms with E-state index in [-0.39, 0.29) is 11.9 Å². The Morgan fingerprint density at radius 2 is 1.91 bits per heavy atom. The van der Waals surface area contributed by atoms with Crippen molar-refractivity contribution in [1.29, 1.82) is 0 Å². The highest BCUT2D eigenvalue weighted by Gasteiger charge is 2.17. The van der Waals surface area contributed by atoms with Crippen LogP contribution in [0.1, 0.15) is 48.7 Å². The molecule has 0 fully saturated rings. The summed E-state index contributed by atoms with van der Waals surface area (Å²) in [5.74, 6) is 0.279. The zero-order chi connectivity index (χ0) is 17.4. The number of hydrogen-bond acceptors (Lipinski definition) is 3. The summed E-state index contributed by atoms with van der Waals surface area (Å²) in [4.78, 5) is 23.9. The third-order valence-corrected chi connectivity index (χ3v) is 3.49. The van der Waals surface area contributed by atoms with Gasteiger partial charge in [-0.3, -0.25) is 4.79 Å². The van der Waals surface area contributed by atoms with Gasteiger partial charge in [-0.2, -0.15) is 0 Å². The molecule has 5 heteroatoms. The fraction of sp³-hybridized carbons (Fsp3) is 0.556. The van der Waals surface area contributed by atoms with Crippen LogP contribution in [-0.4, -0.2) is 31.2 Å². The standard InChI is InChI=1S/C18H28N2O3/c1-6-23-18(22)20-15(9-12(2)3)11-19-17(21)16-8-7-13(4)10-14(16)5/h7-8,10,12,15H,6,9,11H2,1-5H3,(H,19,21)(H,20,22)/t15-/m1/s1. The average Bonchev–Trinajstić information content (AvgIpc) is 2.44. The SMILES string of the molecule is CCOC(=O)N[C@@H](CNC(=O)c1ccc(C)cc1C)CC(C)C. The first kappa shape index (κ1) is 19.0. The summed E-state index contributed by atoms with van der Waals surface area (Å²) in [6, 6.07) is 5.58. The molecule has 1 aromatic carbocycles. The Hall–Kier alpha value is -2.04. The Morgan fingerprint density at radius 3 is 2.48 bits per heavy atom. The Bertz CT molecular complexity index is 541. The van der Waals surface area contributed by atoms with E-state index < -0.39 is 6.09 Å². The van der Waals surface area contributed by atoms with E-state index in [4.69, 9.17) is 4.74 Å². The molecule has 5 nitrogen and oxygen atoms in total. The van der Waals surface area contributed by atoms with Crippen LogP contribution in [-0.2, 0) is 4.74 Å². The first-order valence-corrected chi connectivity index (χ1v) is 8.12. The van der Waals surface area contributed by atoms with Crippen LogP contribution in [0.15, 0.2) is 18.2 Å². The number of alkyl carbamates (subject to hydrolysis) is 1. The van der Waals surface area contributed by atoms with Crippen molar-refractivity contribution in [3.05, 3.63) is 34.9 Å². The molecule has 1 atom stereocenters. The third-order valence-electron chi connectivity index (χ3n) is 3.49. The number of aryl methyl sites for hydroxylation is 2. The van der Waals surface area contributed by atoms with Crippen LogP contribution in [0.25, 0.3) is 0 Å². The largest absolute Gasteiger partial charge is 0.450 e. The van der Waals surface area contributed by atoms with Gasteiger partial charge in [0.2, 0.25) is 0 Å². The van der Waals surface area contributed by atoms with E-state index in [9.17, 15) is 9.59 Å². The second-order valence-electron chi connectivity index (χ2n) is 6.22. The van der Waals surface area contributed by atoms with E-state index in [1.54, 1.807) is 6.92 Å². The van der Waals surface area contributed by atoms with Gasteiger partial charge in [-0.15, -0.1) is 0 Å². The molecular formula is C18H28N2O3. The average molecular weight is 320 g/mol. The second-order valence-corrected chi connectivity index (χ2v) is 6.22. The molecule has 0 heterocycles. The molecule has 2 amide bonds. The van der Waals surface area contributed by atoms with Crippen molar-refractivity contribution in [2.75, 3.05) is 13.2 Å². The minimum absolute atomic E-state index is 0.123. The molecule has 128 valence electrons. The van der Waals surface area contributed by atoms with Gasteiger partial charge in [-0.05, 0) is 44.7 Å². The predicted octanol–water partition coefficient (Wildman–Crippen LogP) is 3.19. The lowest BCUT2D eigenvalue weighted by Crippen LogP contribution is -2.44. The summed E-state index contributed by atoms with van der Waals surface area (Å²) >= 11 is 0. The summed E-state index contributed by atoms with van der Waals surface area (Å²) in [7, 11) is 0. The maximum Gasteiger partial charge on any atom is 0.407 e. The summed E-state index contributed by atoms with van der Waals surface area (Å²) in [6.07, 6.45) is 0.324. The summed E-state index contributed by atoms with van der Waals surface area (Å²) in [6.45, 7) is 10.5. The molecule has 0 radical (unpaired) electrons. The fourth-order valence-corrected chi connectivity index (χ4v) is 2.48. The van der Waals surface area contributed by atoms with Crippen molar-refractivity contribution in [2.45, 2.75) is 47.1 Å². The number of benzene rings is 1. The Kier molecular flexibility index (Phi) is 7.59. The number of nitrogens with one attached hydrogen (secondary N) is 2. The molecule has 23 heavy (non-hydrogen) atoms. The molecule has 0 saturated carbocycles. The zero-order valence-corrected chi connectivity index (χ0v) is 14.7. The lowest BCUT2D eigenvalue weighted by Gasteiger charge is -2.21. The number of hydrogen-bond donors (Lipinski definition) is 2. The number of amides is 2. The maximum absolute atomic E-state index is 12.3. The number of carbonyl (C=O) groups excluding carboxylic acids is 2. The van der Waals surface area contributed by atoms with Crippen LogP contribution >= 0.6 is 0 Å². The van der Waals surface area contributed by atoms with Crippen LogP contribution in [0.3, 0.4) is 0 Å². The quantitative estimate of drug-likeness (QED) is 0.811. The van der Waals surface area contributed by atoms with Crippen molar-refractivity contribution < 1.29 is 14.3 Å². The Balaban J connectivity index is 2.65. The van der Waals surface area contributed by atoms with Crippen LogP contribution in [0.5, 0.6) is 0 Å². The number of carbonyl (C=O) groups is 2. The predicted molar refractivity (Wildman–Crippen MR) is 91.6 cm³/mol. The van der Waals surface area contributed by atoms with Gasteiger partial charge in [0.1, 0.15) is 0 Å². The summed E-state index contributed by atoms with van der Waals surface area (Å²) in [5, 5.41) is 5.71. The monoisotopic (exact) mass is 320 g/mol. The van der Waals surface area contributed by atoms with Crippen LogP contribution < -0.4 is 10.6 Å². The smallest absolute Gasteiger partial charge is 0.407 e. The van der Waals surface area contributed by atoms with Gasteiger partial charge in [-0.1, -0.05) is 31.5 Å². The molecule has 0 bridgehead atoms. The van der Waals surface area contributed by atoms with E-state index in [1.165, 1.54) is 0 Å². The van der Waals surface area contributed by atoms with Gasteiger partial charge in [0.05, 0.1) is 6.61 Å². The molecule has 0 aliphatic rings. The molecule has 0 spiro atoms. The van der Waals surface area contributed by atoms with E-state index >= 15 is 0 Å². The molecule has 1 aromatic rings. The van der Waals surface area contributed by atoms with E-state index in [0.29, 0.717) is 24.6 Å². The second kappa shape index (κ2) is 9.18. The lowest BCUT2D eigenvalue weighted by atomic mass is 10.0. The number of rotatable bonds is 7. The van der Waals surface area contributed by atoms with Crippen molar-refractivity contribution in [2.24, 2.45) is 5.92 Å². The molecule has 0 aromatic heterocycles. The summed E-state index contributed by atoms with van der Waals surface area (Å²) < 4.78 is 4.91. The van der Waals surface area contributed by atoms with Crippen molar-refractivity contribution in [3.63, 3.8) is 0 Å². The molecule has 0 aliphatic heterocycles. The zero-order valence-electron chi connectivity index (χ0n) is 14.7. The fourth-order valence-electron chi connectivity index (χ4n) is 2.48. The molecular weight excluding hydrogens is 292 g/mol. The third kappa shape index (κ3) is 6.72.